The number of aromatic carboxylic acids is 1. The number of aromatic nitrogens is 2. The second-order valence-corrected chi connectivity index (χ2v) is 3.15. The van der Waals surface area contributed by atoms with Crippen molar-refractivity contribution < 1.29 is 9.90 Å². The fourth-order valence-electron chi connectivity index (χ4n) is 1.46. The van der Waals surface area contributed by atoms with Crippen LogP contribution in [-0.4, -0.2) is 20.6 Å². The van der Waals surface area contributed by atoms with E-state index in [0.717, 1.165) is 5.52 Å². The number of hydrogen-bond acceptors (Lipinski definition) is 4. The standard InChI is InChI=1S/C9H10N4O2/c1-13-7-3-2-5(8(14)15)4-6(7)11-9(13)12-10/h2-4H,10H2,1H3,(H,11,12)(H,14,15). The lowest BCUT2D eigenvalue weighted by Gasteiger charge is -1.99. The first-order chi connectivity index (χ1) is 7.13. The highest BCUT2D eigenvalue weighted by Crippen LogP contribution is 2.18. The molecule has 1 heterocycles. The van der Waals surface area contributed by atoms with Gasteiger partial charge in [-0.3, -0.25) is 5.43 Å². The highest BCUT2D eigenvalue weighted by Gasteiger charge is 2.09. The Balaban J connectivity index is 2.68. The number of carbonyl (C=O) groups is 1. The monoisotopic (exact) mass is 206 g/mol. The van der Waals surface area contributed by atoms with Gasteiger partial charge in [0.25, 0.3) is 0 Å². The third kappa shape index (κ3) is 1.40. The van der Waals surface area contributed by atoms with Crippen molar-refractivity contribution in [3.8, 4) is 0 Å². The van der Waals surface area contributed by atoms with Crippen LogP contribution in [0.25, 0.3) is 11.0 Å². The first-order valence-corrected chi connectivity index (χ1v) is 4.30. The van der Waals surface area contributed by atoms with E-state index in [-0.39, 0.29) is 5.56 Å². The SMILES string of the molecule is Cn1c(NN)nc2cc(C(=O)O)ccc21. The molecular weight excluding hydrogens is 196 g/mol. The molecule has 0 bridgehead atoms. The summed E-state index contributed by atoms with van der Waals surface area (Å²) in [5.74, 6) is 4.79. The van der Waals surface area contributed by atoms with Crippen LogP contribution in [0.5, 0.6) is 0 Å². The summed E-state index contributed by atoms with van der Waals surface area (Å²) >= 11 is 0. The number of benzene rings is 1. The van der Waals surface area contributed by atoms with Gasteiger partial charge in [-0.15, -0.1) is 0 Å². The Morgan fingerprint density at radius 1 is 1.60 bits per heavy atom. The fraction of sp³-hybridized carbons (Fsp3) is 0.111. The number of nitrogens with zero attached hydrogens (tertiary/aromatic N) is 2. The van der Waals surface area contributed by atoms with Crippen molar-refractivity contribution in [1.29, 1.82) is 0 Å². The Morgan fingerprint density at radius 2 is 2.33 bits per heavy atom. The molecule has 6 nitrogen and oxygen atoms in total. The molecule has 0 saturated carbocycles. The van der Waals surface area contributed by atoms with Crippen LogP contribution in [-0.2, 0) is 7.05 Å². The Kier molecular flexibility index (Phi) is 2.05. The van der Waals surface area contributed by atoms with Crippen LogP contribution in [0, 0.1) is 0 Å². The van der Waals surface area contributed by atoms with Crippen molar-refractivity contribution in [2.24, 2.45) is 12.9 Å². The number of nitrogens with two attached hydrogens (primary N) is 1. The zero-order chi connectivity index (χ0) is 11.0. The molecule has 0 fully saturated rings. The van der Waals surface area contributed by atoms with Gasteiger partial charge in [0, 0.05) is 7.05 Å². The summed E-state index contributed by atoms with van der Waals surface area (Å²) in [6, 6.07) is 4.75. The lowest BCUT2D eigenvalue weighted by molar-refractivity contribution is 0.0697. The topological polar surface area (TPSA) is 93.2 Å². The number of imidazole rings is 1. The van der Waals surface area contributed by atoms with E-state index in [1.165, 1.54) is 12.1 Å². The van der Waals surface area contributed by atoms with E-state index in [0.29, 0.717) is 11.5 Å². The number of fused-ring (bicyclic) bond motifs is 1. The molecule has 4 N–H and O–H groups in total. The van der Waals surface area contributed by atoms with Gasteiger partial charge in [-0.25, -0.2) is 15.6 Å². The average molecular weight is 206 g/mol. The summed E-state index contributed by atoms with van der Waals surface area (Å²) in [5, 5.41) is 8.80. The number of hydrogen-bond donors (Lipinski definition) is 3. The second-order valence-electron chi connectivity index (χ2n) is 3.15. The molecule has 2 aromatic rings. The molecule has 0 aliphatic carbocycles. The Morgan fingerprint density at radius 3 is 2.93 bits per heavy atom. The normalized spacial score (nSPS) is 10.5. The Bertz CT molecular complexity index is 532. The number of nitrogen functional groups attached to an aromatic ring is 1. The first kappa shape index (κ1) is 9.47. The summed E-state index contributed by atoms with van der Waals surface area (Å²) in [7, 11) is 1.80. The fourth-order valence-corrected chi connectivity index (χ4v) is 1.46. The zero-order valence-electron chi connectivity index (χ0n) is 8.06. The van der Waals surface area contributed by atoms with Gasteiger partial charge in [0.05, 0.1) is 16.6 Å². The highest BCUT2D eigenvalue weighted by molar-refractivity contribution is 5.92. The molecule has 1 aromatic carbocycles. The van der Waals surface area contributed by atoms with Crippen LogP contribution in [0.4, 0.5) is 5.95 Å². The smallest absolute Gasteiger partial charge is 0.335 e. The van der Waals surface area contributed by atoms with Crippen molar-refractivity contribution in [3.63, 3.8) is 0 Å². The lowest BCUT2D eigenvalue weighted by Crippen LogP contribution is -2.11. The van der Waals surface area contributed by atoms with E-state index in [4.69, 9.17) is 10.9 Å². The minimum atomic E-state index is -0.968. The third-order valence-electron chi connectivity index (χ3n) is 2.26. The number of anilines is 1. The molecule has 6 heteroatoms. The maximum absolute atomic E-state index is 10.7. The highest BCUT2D eigenvalue weighted by atomic mass is 16.4. The van der Waals surface area contributed by atoms with Crippen molar-refractivity contribution in [3.05, 3.63) is 23.8 Å². The minimum Gasteiger partial charge on any atom is -0.478 e. The third-order valence-corrected chi connectivity index (χ3v) is 2.26. The van der Waals surface area contributed by atoms with Crippen LogP contribution in [0.3, 0.4) is 0 Å². The molecule has 2 rings (SSSR count). The van der Waals surface area contributed by atoms with E-state index < -0.39 is 5.97 Å². The van der Waals surface area contributed by atoms with Gasteiger partial charge in [-0.1, -0.05) is 0 Å². The van der Waals surface area contributed by atoms with Crippen LogP contribution in [0.15, 0.2) is 18.2 Å². The summed E-state index contributed by atoms with van der Waals surface area (Å²) < 4.78 is 1.75. The first-order valence-electron chi connectivity index (χ1n) is 4.30. The number of nitrogens with one attached hydrogen (secondary N) is 1. The lowest BCUT2D eigenvalue weighted by atomic mass is 10.2. The summed E-state index contributed by atoms with van der Waals surface area (Å²) in [6.07, 6.45) is 0. The summed E-state index contributed by atoms with van der Waals surface area (Å²) in [6.45, 7) is 0. The van der Waals surface area contributed by atoms with Crippen molar-refractivity contribution >= 4 is 23.0 Å². The van der Waals surface area contributed by atoms with Crippen LogP contribution in [0.1, 0.15) is 10.4 Å². The predicted octanol–water partition coefficient (Wildman–Crippen LogP) is 0.557. The maximum atomic E-state index is 10.7. The number of carboxylic acid groups (broad SMARTS) is 1. The largest absolute Gasteiger partial charge is 0.478 e. The molecule has 1 aromatic heterocycles. The Hall–Kier alpha value is -2.08. The molecule has 0 atom stereocenters. The maximum Gasteiger partial charge on any atom is 0.335 e. The van der Waals surface area contributed by atoms with E-state index in [2.05, 4.69) is 10.4 Å². The number of rotatable bonds is 2. The quantitative estimate of drug-likeness (QED) is 0.493. The van der Waals surface area contributed by atoms with Crippen molar-refractivity contribution in [2.75, 3.05) is 5.43 Å². The minimum absolute atomic E-state index is 0.212. The van der Waals surface area contributed by atoms with Gasteiger partial charge in [0.2, 0.25) is 5.95 Å². The van der Waals surface area contributed by atoms with E-state index in [9.17, 15) is 4.79 Å². The number of carboxylic acids is 1. The zero-order valence-corrected chi connectivity index (χ0v) is 8.06. The second kappa shape index (κ2) is 3.25. The van der Waals surface area contributed by atoms with Crippen LogP contribution in [0.2, 0.25) is 0 Å². The average Bonchev–Trinajstić information content (AvgIpc) is 2.55. The van der Waals surface area contributed by atoms with Crippen LogP contribution >= 0.6 is 0 Å². The predicted molar refractivity (Wildman–Crippen MR) is 55.5 cm³/mol. The molecule has 0 aliphatic rings. The number of hydrazine groups is 1. The van der Waals surface area contributed by atoms with Gasteiger partial charge >= 0.3 is 5.97 Å². The van der Waals surface area contributed by atoms with Crippen LogP contribution < -0.4 is 11.3 Å². The number of aryl methyl sites for hydroxylation is 1. The molecule has 78 valence electrons. The van der Waals surface area contributed by atoms with Gasteiger partial charge in [-0.05, 0) is 18.2 Å². The van der Waals surface area contributed by atoms with Gasteiger partial charge in [0.1, 0.15) is 0 Å². The van der Waals surface area contributed by atoms with Crippen molar-refractivity contribution in [1.82, 2.24) is 9.55 Å². The molecule has 0 saturated heterocycles. The summed E-state index contributed by atoms with van der Waals surface area (Å²) in [5.41, 5.74) is 4.08. The molecular formula is C9H10N4O2. The molecule has 0 amide bonds. The molecule has 0 radical (unpaired) electrons. The van der Waals surface area contributed by atoms with E-state index >= 15 is 0 Å². The van der Waals surface area contributed by atoms with Gasteiger partial charge in [0.15, 0.2) is 0 Å². The van der Waals surface area contributed by atoms with Gasteiger partial charge in [-0.2, -0.15) is 0 Å². The molecule has 0 aliphatic heterocycles. The van der Waals surface area contributed by atoms with E-state index in [1.54, 1.807) is 17.7 Å². The van der Waals surface area contributed by atoms with Gasteiger partial charge < -0.3 is 9.67 Å². The molecule has 0 spiro atoms. The van der Waals surface area contributed by atoms with E-state index in [1.807, 2.05) is 0 Å². The van der Waals surface area contributed by atoms with Crippen molar-refractivity contribution in [2.45, 2.75) is 0 Å². The summed E-state index contributed by atoms with van der Waals surface area (Å²) in [4.78, 5) is 14.9. The Labute approximate surface area is 85.3 Å². The molecule has 0 unspecified atom stereocenters. The molecule has 15 heavy (non-hydrogen) atoms.